The van der Waals surface area contributed by atoms with Gasteiger partial charge < -0.3 is 5.32 Å². The van der Waals surface area contributed by atoms with Gasteiger partial charge in [-0.05, 0) is 43.3 Å². The molecular formula is C16H17F4N3S. The molecular weight excluding hydrogens is 342 g/mol. The van der Waals surface area contributed by atoms with Gasteiger partial charge in [0, 0.05) is 18.0 Å². The lowest BCUT2D eigenvalue weighted by molar-refractivity contribution is 0.183. The number of aromatic nitrogens is 1. The summed E-state index contributed by atoms with van der Waals surface area (Å²) in [5.74, 6) is -6.04. The molecule has 0 amide bonds. The van der Waals surface area contributed by atoms with E-state index in [-0.39, 0.29) is 12.5 Å². The van der Waals surface area contributed by atoms with Crippen LogP contribution in [0.1, 0.15) is 17.7 Å². The summed E-state index contributed by atoms with van der Waals surface area (Å²) >= 11 is 1.72. The van der Waals surface area contributed by atoms with Crippen molar-refractivity contribution in [1.29, 1.82) is 0 Å². The number of halogens is 4. The van der Waals surface area contributed by atoms with Crippen LogP contribution in [0.5, 0.6) is 0 Å². The van der Waals surface area contributed by atoms with Gasteiger partial charge in [-0.15, -0.1) is 11.3 Å². The number of hydrogen-bond acceptors (Lipinski definition) is 4. The normalized spacial score (nSPS) is 16.5. The molecule has 24 heavy (non-hydrogen) atoms. The summed E-state index contributed by atoms with van der Waals surface area (Å²) in [5, 5.41) is 4.55. The maximum Gasteiger partial charge on any atom is 0.253 e. The molecule has 0 aromatic carbocycles. The molecule has 8 heteroatoms. The molecule has 0 atom stereocenters. The van der Waals surface area contributed by atoms with Crippen molar-refractivity contribution >= 4 is 17.0 Å². The molecule has 0 bridgehead atoms. The maximum atomic E-state index is 13.6. The van der Waals surface area contributed by atoms with Crippen LogP contribution in [0.3, 0.4) is 0 Å². The zero-order valence-corrected chi connectivity index (χ0v) is 13.7. The van der Waals surface area contributed by atoms with Gasteiger partial charge in [0.25, 0.3) is 11.9 Å². The minimum absolute atomic E-state index is 0.197. The van der Waals surface area contributed by atoms with E-state index in [2.05, 4.69) is 21.3 Å². The van der Waals surface area contributed by atoms with Gasteiger partial charge in [0.2, 0.25) is 11.6 Å². The van der Waals surface area contributed by atoms with Gasteiger partial charge in [0.1, 0.15) is 5.69 Å². The number of piperidine rings is 1. The molecule has 2 aromatic rings. The number of nitrogens with zero attached hydrogens (tertiary/aromatic N) is 2. The second kappa shape index (κ2) is 7.48. The molecule has 1 aliphatic heterocycles. The van der Waals surface area contributed by atoms with Crippen molar-refractivity contribution in [3.8, 4) is 0 Å². The summed E-state index contributed by atoms with van der Waals surface area (Å²) in [7, 11) is 0. The quantitative estimate of drug-likeness (QED) is 0.646. The highest BCUT2D eigenvalue weighted by atomic mass is 32.1. The van der Waals surface area contributed by atoms with Gasteiger partial charge in [-0.2, -0.15) is 22.5 Å². The Morgan fingerprint density at radius 1 is 1.12 bits per heavy atom. The van der Waals surface area contributed by atoms with Crippen LogP contribution in [-0.4, -0.2) is 29.5 Å². The van der Waals surface area contributed by atoms with Crippen molar-refractivity contribution in [1.82, 2.24) is 9.88 Å². The van der Waals surface area contributed by atoms with Crippen molar-refractivity contribution in [2.45, 2.75) is 19.4 Å². The average molecular weight is 359 g/mol. The Morgan fingerprint density at radius 3 is 2.38 bits per heavy atom. The summed E-state index contributed by atoms with van der Waals surface area (Å²) in [5.41, 5.74) is -0.777. The van der Waals surface area contributed by atoms with Gasteiger partial charge in [-0.3, -0.25) is 4.90 Å². The average Bonchev–Trinajstić information content (AvgIpc) is 3.07. The highest BCUT2D eigenvalue weighted by molar-refractivity contribution is 7.09. The fraction of sp³-hybridized carbons (Fsp3) is 0.438. The number of pyridine rings is 1. The van der Waals surface area contributed by atoms with Crippen molar-refractivity contribution in [3.63, 3.8) is 0 Å². The van der Waals surface area contributed by atoms with Crippen LogP contribution < -0.4 is 5.32 Å². The Kier molecular flexibility index (Phi) is 5.35. The Bertz CT molecular complexity index is 659. The van der Waals surface area contributed by atoms with Crippen molar-refractivity contribution < 1.29 is 17.6 Å². The summed E-state index contributed by atoms with van der Waals surface area (Å²) in [4.78, 5) is 6.18. The van der Waals surface area contributed by atoms with E-state index in [0.29, 0.717) is 0 Å². The van der Waals surface area contributed by atoms with Crippen LogP contribution in [0.15, 0.2) is 17.5 Å². The molecule has 1 N–H and O–H groups in total. The molecule has 0 unspecified atom stereocenters. The minimum atomic E-state index is -1.64. The molecule has 3 rings (SSSR count). The molecule has 1 saturated heterocycles. The second-order valence-corrected chi connectivity index (χ2v) is 6.91. The molecule has 0 spiro atoms. The first kappa shape index (κ1) is 17.2. The first-order valence-corrected chi connectivity index (χ1v) is 8.61. The first-order valence-electron chi connectivity index (χ1n) is 7.73. The highest BCUT2D eigenvalue weighted by Crippen LogP contribution is 2.25. The Morgan fingerprint density at radius 2 is 1.79 bits per heavy atom. The maximum absolute atomic E-state index is 13.6. The third-order valence-electron chi connectivity index (χ3n) is 4.23. The van der Waals surface area contributed by atoms with Crippen molar-refractivity contribution in [3.05, 3.63) is 45.9 Å². The van der Waals surface area contributed by atoms with E-state index in [9.17, 15) is 17.6 Å². The Balaban J connectivity index is 1.52. The first-order chi connectivity index (χ1) is 11.5. The van der Waals surface area contributed by atoms with E-state index in [4.69, 9.17) is 0 Å². The molecule has 1 aliphatic rings. The summed E-state index contributed by atoms with van der Waals surface area (Å²) in [6, 6.07) is 4.11. The monoisotopic (exact) mass is 359 g/mol. The molecule has 2 aromatic heterocycles. The number of rotatable bonds is 5. The second-order valence-electron chi connectivity index (χ2n) is 5.88. The fourth-order valence-corrected chi connectivity index (χ4v) is 3.61. The smallest absolute Gasteiger partial charge is 0.253 e. The van der Waals surface area contributed by atoms with Gasteiger partial charge in [0.15, 0.2) is 0 Å². The molecule has 0 saturated carbocycles. The van der Waals surface area contributed by atoms with Crippen molar-refractivity contribution in [2.24, 2.45) is 5.92 Å². The molecule has 3 heterocycles. The van der Waals surface area contributed by atoms with E-state index in [1.54, 1.807) is 11.3 Å². The minimum Gasteiger partial charge on any atom is -0.380 e. The lowest BCUT2D eigenvalue weighted by Crippen LogP contribution is -2.35. The van der Waals surface area contributed by atoms with E-state index in [0.717, 1.165) is 32.5 Å². The number of nitrogens with one attached hydrogen (secondary N) is 1. The largest absolute Gasteiger partial charge is 0.380 e. The third-order valence-corrected chi connectivity index (χ3v) is 5.09. The number of hydrogen-bond donors (Lipinski definition) is 1. The van der Waals surface area contributed by atoms with Gasteiger partial charge in [-0.25, -0.2) is 0 Å². The molecule has 0 aliphatic carbocycles. The fourth-order valence-electron chi connectivity index (χ4n) is 2.86. The molecule has 1 fully saturated rings. The molecule has 0 radical (unpaired) electrons. The van der Waals surface area contributed by atoms with Gasteiger partial charge >= 0.3 is 0 Å². The standard InChI is InChI=1S/C16H17F4N3S/c17-12-14(13(18)16(20)22-15(12)19)21-8-10-3-5-23(6-4-10)9-11-2-1-7-24-11/h1-2,7,10H,3-6,8-9H2,(H,21,22). The number of anilines is 1. The summed E-state index contributed by atoms with van der Waals surface area (Å²) in [6.07, 6.45) is 1.72. The molecule has 3 nitrogen and oxygen atoms in total. The zero-order valence-electron chi connectivity index (χ0n) is 12.9. The van der Waals surface area contributed by atoms with Crippen LogP contribution in [0, 0.1) is 29.4 Å². The van der Waals surface area contributed by atoms with Gasteiger partial charge in [0.05, 0.1) is 0 Å². The van der Waals surface area contributed by atoms with Crippen LogP contribution in [0.4, 0.5) is 23.2 Å². The Labute approximate surface area is 141 Å². The highest BCUT2D eigenvalue weighted by Gasteiger charge is 2.23. The predicted molar refractivity (Wildman–Crippen MR) is 84.9 cm³/mol. The Hall–Kier alpha value is -1.67. The number of likely N-dealkylation sites (tertiary alicyclic amines) is 1. The number of thiophene rings is 1. The van der Waals surface area contributed by atoms with E-state index >= 15 is 0 Å². The van der Waals surface area contributed by atoms with E-state index < -0.39 is 29.2 Å². The zero-order chi connectivity index (χ0) is 17.1. The van der Waals surface area contributed by atoms with Gasteiger partial charge in [-0.1, -0.05) is 6.07 Å². The van der Waals surface area contributed by atoms with Crippen LogP contribution in [0.2, 0.25) is 0 Å². The third kappa shape index (κ3) is 3.87. The predicted octanol–water partition coefficient (Wildman–Crippen LogP) is 4.02. The van der Waals surface area contributed by atoms with Crippen LogP contribution in [0.25, 0.3) is 0 Å². The lowest BCUT2D eigenvalue weighted by Gasteiger charge is -2.31. The SMILES string of the molecule is Fc1nc(F)c(F)c(NCC2CCN(Cc3cccs3)CC2)c1F. The summed E-state index contributed by atoms with van der Waals surface area (Å²) in [6.45, 7) is 2.94. The molecule has 130 valence electrons. The summed E-state index contributed by atoms with van der Waals surface area (Å²) < 4.78 is 53.3. The van der Waals surface area contributed by atoms with Crippen LogP contribution in [-0.2, 0) is 6.54 Å². The van der Waals surface area contributed by atoms with Crippen molar-refractivity contribution in [2.75, 3.05) is 25.0 Å². The van der Waals surface area contributed by atoms with E-state index in [1.807, 2.05) is 11.4 Å². The topological polar surface area (TPSA) is 28.2 Å². The lowest BCUT2D eigenvalue weighted by atomic mass is 9.96. The van der Waals surface area contributed by atoms with Crippen LogP contribution >= 0.6 is 11.3 Å². The van der Waals surface area contributed by atoms with E-state index in [1.165, 1.54) is 4.88 Å².